The van der Waals surface area contributed by atoms with Crippen molar-refractivity contribution >= 4 is 5.78 Å². The van der Waals surface area contributed by atoms with Gasteiger partial charge in [0.15, 0.2) is 0 Å². The van der Waals surface area contributed by atoms with Crippen LogP contribution in [0.5, 0.6) is 0 Å². The van der Waals surface area contributed by atoms with Crippen molar-refractivity contribution in [2.45, 2.75) is 38.3 Å². The van der Waals surface area contributed by atoms with Gasteiger partial charge in [-0.3, -0.25) is 4.79 Å². The fourth-order valence-electron chi connectivity index (χ4n) is 1.76. The summed E-state index contributed by atoms with van der Waals surface area (Å²) in [6.07, 6.45) is -4.63. The molecule has 1 rings (SSSR count). The number of carbonyl (C=O) groups excluding carboxylic acids is 1. The minimum Gasteiger partial charge on any atom is -0.299 e. The lowest BCUT2D eigenvalue weighted by Crippen LogP contribution is -2.20. The predicted octanol–water partition coefficient (Wildman–Crippen LogP) is 4.09. The Hall–Kier alpha value is -1.32. The number of rotatable bonds is 5. The minimum atomic E-state index is -4.32. The third-order valence-electron chi connectivity index (χ3n) is 2.52. The van der Waals surface area contributed by atoms with Gasteiger partial charge in [0.2, 0.25) is 0 Å². The molecule has 1 nitrogen and oxygen atoms in total. The molecule has 0 aliphatic rings. The van der Waals surface area contributed by atoms with Gasteiger partial charge >= 0.3 is 6.18 Å². The van der Waals surface area contributed by atoms with Crippen molar-refractivity contribution < 1.29 is 18.0 Å². The Morgan fingerprint density at radius 3 is 2.29 bits per heavy atom. The highest BCUT2D eigenvalue weighted by Gasteiger charge is 2.35. The summed E-state index contributed by atoms with van der Waals surface area (Å²) in [4.78, 5) is 11.7. The number of carbonyl (C=O) groups is 1. The van der Waals surface area contributed by atoms with Crippen molar-refractivity contribution in [3.05, 3.63) is 35.9 Å². The van der Waals surface area contributed by atoms with Crippen LogP contribution in [0.3, 0.4) is 0 Å². The topological polar surface area (TPSA) is 17.1 Å². The maximum Gasteiger partial charge on any atom is 0.390 e. The molecule has 1 aromatic carbocycles. The van der Waals surface area contributed by atoms with Crippen LogP contribution in [0.1, 0.15) is 37.7 Å². The van der Waals surface area contributed by atoms with Gasteiger partial charge in [0.25, 0.3) is 0 Å². The van der Waals surface area contributed by atoms with Gasteiger partial charge in [0.05, 0.1) is 12.3 Å². The van der Waals surface area contributed by atoms with Crippen molar-refractivity contribution in [2.75, 3.05) is 0 Å². The lowest BCUT2D eigenvalue weighted by atomic mass is 9.89. The number of hydrogen-bond donors (Lipinski definition) is 0. The molecule has 94 valence electrons. The van der Waals surface area contributed by atoms with Crippen LogP contribution in [-0.2, 0) is 4.79 Å². The van der Waals surface area contributed by atoms with Gasteiger partial charge in [0.1, 0.15) is 5.78 Å². The van der Waals surface area contributed by atoms with E-state index in [0.717, 1.165) is 0 Å². The Bertz CT molecular complexity index is 357. The first-order valence-electron chi connectivity index (χ1n) is 5.58. The zero-order chi connectivity index (χ0) is 12.9. The van der Waals surface area contributed by atoms with E-state index in [1.54, 1.807) is 37.3 Å². The molecule has 0 bridgehead atoms. The Morgan fingerprint density at radius 1 is 1.24 bits per heavy atom. The molecule has 1 atom stereocenters. The van der Waals surface area contributed by atoms with Crippen LogP contribution in [-0.4, -0.2) is 12.0 Å². The van der Waals surface area contributed by atoms with E-state index in [4.69, 9.17) is 0 Å². The van der Waals surface area contributed by atoms with E-state index in [-0.39, 0.29) is 12.2 Å². The Labute approximate surface area is 98.6 Å². The Balaban J connectivity index is 2.91. The van der Waals surface area contributed by atoms with Crippen molar-refractivity contribution in [1.82, 2.24) is 0 Å². The quantitative estimate of drug-likeness (QED) is 0.762. The molecule has 0 aliphatic carbocycles. The number of Topliss-reactive ketones (excluding diaryl/α,β-unsaturated/α-hetero) is 1. The van der Waals surface area contributed by atoms with E-state index in [1.165, 1.54) is 0 Å². The average molecular weight is 244 g/mol. The largest absolute Gasteiger partial charge is 0.390 e. The highest BCUT2D eigenvalue weighted by molar-refractivity contribution is 5.85. The standard InChI is InChI=1S/C13H15F3O/c1-2-6-12(17)11(9-13(14,15)16)10-7-4-3-5-8-10/h3-5,7-8,11H,2,6,9H2,1H3. The molecule has 0 heterocycles. The molecule has 0 aromatic heterocycles. The summed E-state index contributed by atoms with van der Waals surface area (Å²) in [5.41, 5.74) is 0.447. The lowest BCUT2D eigenvalue weighted by Gasteiger charge is -2.17. The second-order valence-electron chi connectivity index (χ2n) is 4.00. The lowest BCUT2D eigenvalue weighted by molar-refractivity contribution is -0.147. The predicted molar refractivity (Wildman–Crippen MR) is 59.8 cm³/mol. The summed E-state index contributed by atoms with van der Waals surface area (Å²) in [5.74, 6) is -1.40. The van der Waals surface area contributed by atoms with Gasteiger partial charge in [-0.25, -0.2) is 0 Å². The highest BCUT2D eigenvalue weighted by atomic mass is 19.4. The molecule has 0 radical (unpaired) electrons. The van der Waals surface area contributed by atoms with Crippen LogP contribution in [0.2, 0.25) is 0 Å². The first-order valence-corrected chi connectivity index (χ1v) is 5.58. The third-order valence-corrected chi connectivity index (χ3v) is 2.52. The normalized spacial score (nSPS) is 13.4. The number of ketones is 1. The molecular formula is C13H15F3O. The highest BCUT2D eigenvalue weighted by Crippen LogP contribution is 2.32. The summed E-state index contributed by atoms with van der Waals surface area (Å²) in [6.45, 7) is 1.79. The van der Waals surface area contributed by atoms with Crippen molar-refractivity contribution in [1.29, 1.82) is 0 Å². The number of alkyl halides is 3. The van der Waals surface area contributed by atoms with E-state index in [1.807, 2.05) is 0 Å². The molecule has 0 saturated heterocycles. The molecule has 0 aliphatic heterocycles. The molecule has 1 unspecified atom stereocenters. The summed E-state index contributed by atoms with van der Waals surface area (Å²) in [7, 11) is 0. The van der Waals surface area contributed by atoms with Gasteiger partial charge in [0, 0.05) is 6.42 Å². The van der Waals surface area contributed by atoms with Crippen molar-refractivity contribution in [2.24, 2.45) is 0 Å². The van der Waals surface area contributed by atoms with Crippen molar-refractivity contribution in [3.63, 3.8) is 0 Å². The molecule has 17 heavy (non-hydrogen) atoms. The SMILES string of the molecule is CCCC(=O)C(CC(F)(F)F)c1ccccc1. The number of halogens is 3. The van der Waals surface area contributed by atoms with E-state index in [2.05, 4.69) is 0 Å². The Kier molecular flexibility index (Phi) is 4.73. The zero-order valence-corrected chi connectivity index (χ0v) is 9.63. The molecular weight excluding hydrogens is 229 g/mol. The van der Waals surface area contributed by atoms with Gasteiger partial charge in [-0.2, -0.15) is 13.2 Å². The number of benzene rings is 1. The first-order chi connectivity index (χ1) is 7.94. The minimum absolute atomic E-state index is 0.190. The monoisotopic (exact) mass is 244 g/mol. The van der Waals surface area contributed by atoms with E-state index >= 15 is 0 Å². The summed E-state index contributed by atoms with van der Waals surface area (Å²) in [6, 6.07) is 8.17. The number of hydrogen-bond acceptors (Lipinski definition) is 1. The molecule has 0 amide bonds. The average Bonchev–Trinajstić information content (AvgIpc) is 2.26. The van der Waals surface area contributed by atoms with Gasteiger partial charge in [-0.05, 0) is 12.0 Å². The smallest absolute Gasteiger partial charge is 0.299 e. The van der Waals surface area contributed by atoms with E-state index < -0.39 is 18.5 Å². The fourth-order valence-corrected chi connectivity index (χ4v) is 1.76. The zero-order valence-electron chi connectivity index (χ0n) is 9.63. The van der Waals surface area contributed by atoms with Crippen LogP contribution >= 0.6 is 0 Å². The second kappa shape index (κ2) is 5.84. The van der Waals surface area contributed by atoms with Crippen molar-refractivity contribution in [3.8, 4) is 0 Å². The van der Waals surface area contributed by atoms with Crippen LogP contribution in [0.15, 0.2) is 30.3 Å². The first kappa shape index (κ1) is 13.7. The molecule has 0 spiro atoms. The molecule has 0 N–H and O–H groups in total. The molecule has 1 aromatic rings. The third kappa shape index (κ3) is 4.59. The van der Waals surface area contributed by atoms with Crippen LogP contribution < -0.4 is 0 Å². The summed E-state index contributed by atoms with van der Waals surface area (Å²) >= 11 is 0. The van der Waals surface area contributed by atoms with E-state index in [9.17, 15) is 18.0 Å². The Morgan fingerprint density at radius 2 is 1.82 bits per heavy atom. The van der Waals surface area contributed by atoms with Gasteiger partial charge < -0.3 is 0 Å². The molecule has 0 saturated carbocycles. The maximum atomic E-state index is 12.4. The van der Waals surface area contributed by atoms with Gasteiger partial charge in [-0.15, -0.1) is 0 Å². The van der Waals surface area contributed by atoms with Crippen LogP contribution in [0.4, 0.5) is 13.2 Å². The fraction of sp³-hybridized carbons (Fsp3) is 0.462. The molecule has 4 heteroatoms. The van der Waals surface area contributed by atoms with Crippen LogP contribution in [0, 0.1) is 0 Å². The van der Waals surface area contributed by atoms with Crippen LogP contribution in [0.25, 0.3) is 0 Å². The summed E-state index contributed by atoms with van der Waals surface area (Å²) < 4.78 is 37.3. The second-order valence-corrected chi connectivity index (χ2v) is 4.00. The molecule has 0 fully saturated rings. The maximum absolute atomic E-state index is 12.4. The van der Waals surface area contributed by atoms with E-state index in [0.29, 0.717) is 12.0 Å². The summed E-state index contributed by atoms with van der Waals surface area (Å²) in [5, 5.41) is 0. The van der Waals surface area contributed by atoms with Gasteiger partial charge in [-0.1, -0.05) is 37.3 Å².